The Labute approximate surface area is 67.2 Å². The first kappa shape index (κ1) is 3.98. The van der Waals surface area contributed by atoms with Crippen molar-refractivity contribution in [1.82, 2.24) is 9.97 Å². The third-order valence-electron chi connectivity index (χ3n) is 0.863. The van der Waals surface area contributed by atoms with Gasteiger partial charge in [0, 0.05) is 0 Å². The predicted molar refractivity (Wildman–Crippen MR) is 38.0 cm³/mol. The molecule has 0 radical (unpaired) electrons. The van der Waals surface area contributed by atoms with Gasteiger partial charge in [-0.1, -0.05) is 0 Å². The molecule has 0 unspecified atom stereocenters. The van der Waals surface area contributed by atoms with Gasteiger partial charge in [0.1, 0.15) is 0 Å². The van der Waals surface area contributed by atoms with E-state index in [0.29, 0.717) is 0 Å². The number of rotatable bonds is 1. The first-order valence-electron chi connectivity index (χ1n) is 3.85. The minimum atomic E-state index is -2.56. The van der Waals surface area contributed by atoms with Gasteiger partial charge < -0.3 is 10.5 Å². The topological polar surface area (TPSA) is 61.0 Å². The first-order chi connectivity index (χ1) is 5.88. The van der Waals surface area contributed by atoms with Crippen LogP contribution in [-0.4, -0.2) is 17.0 Å². The van der Waals surface area contributed by atoms with Crippen molar-refractivity contribution in [3.8, 4) is 5.75 Å². The van der Waals surface area contributed by atoms with Gasteiger partial charge in [0.25, 0.3) is 0 Å². The number of methoxy groups -OCH3 is 1. The SMILES string of the molecule is [2H]C([2H])([2H])Oc1cnc(Cl)nc1N. The van der Waals surface area contributed by atoms with Crippen molar-refractivity contribution in [3.05, 3.63) is 11.5 Å². The molecule has 0 fully saturated rings. The Morgan fingerprint density at radius 1 is 1.90 bits per heavy atom. The van der Waals surface area contributed by atoms with Crippen LogP contribution in [0.25, 0.3) is 0 Å². The summed E-state index contributed by atoms with van der Waals surface area (Å²) in [4.78, 5) is 7.04. The molecular formula is C5H6ClN3O. The molecule has 0 saturated heterocycles. The quantitative estimate of drug-likeness (QED) is 0.619. The number of anilines is 1. The van der Waals surface area contributed by atoms with Gasteiger partial charge in [0.05, 0.1) is 17.3 Å². The molecule has 0 atom stereocenters. The van der Waals surface area contributed by atoms with Crippen LogP contribution in [-0.2, 0) is 0 Å². The van der Waals surface area contributed by atoms with Crippen molar-refractivity contribution >= 4 is 17.4 Å². The van der Waals surface area contributed by atoms with Crippen LogP contribution >= 0.6 is 11.6 Å². The molecule has 4 nitrogen and oxygen atoms in total. The van der Waals surface area contributed by atoms with E-state index in [1.165, 1.54) is 0 Å². The predicted octanol–water partition coefficient (Wildman–Crippen LogP) is 0.721. The van der Waals surface area contributed by atoms with E-state index < -0.39 is 7.04 Å². The van der Waals surface area contributed by atoms with E-state index >= 15 is 0 Å². The van der Waals surface area contributed by atoms with Gasteiger partial charge >= 0.3 is 0 Å². The summed E-state index contributed by atoms with van der Waals surface area (Å²) < 4.78 is 24.8. The molecular weight excluding hydrogens is 154 g/mol. The molecule has 0 aromatic carbocycles. The van der Waals surface area contributed by atoms with Crippen molar-refractivity contribution in [2.75, 3.05) is 12.8 Å². The molecule has 0 bridgehead atoms. The zero-order valence-electron chi connectivity index (χ0n) is 7.84. The average Bonchev–Trinajstić information content (AvgIpc) is 1.93. The highest BCUT2D eigenvalue weighted by atomic mass is 35.5. The second-order valence-electron chi connectivity index (χ2n) is 1.49. The summed E-state index contributed by atoms with van der Waals surface area (Å²) in [5.41, 5.74) is 5.32. The van der Waals surface area contributed by atoms with Crippen LogP contribution in [0.2, 0.25) is 5.28 Å². The summed E-state index contributed by atoms with van der Waals surface area (Å²) in [6.45, 7) is 0. The Balaban J connectivity index is 2.90. The highest BCUT2D eigenvalue weighted by molar-refractivity contribution is 6.28. The second kappa shape index (κ2) is 2.70. The van der Waals surface area contributed by atoms with Gasteiger partial charge in [-0.15, -0.1) is 0 Å². The smallest absolute Gasteiger partial charge is 0.224 e. The van der Waals surface area contributed by atoms with Gasteiger partial charge in [-0.3, -0.25) is 0 Å². The highest BCUT2D eigenvalue weighted by Gasteiger charge is 1.99. The van der Waals surface area contributed by atoms with Crippen LogP contribution in [0.5, 0.6) is 5.75 Å². The molecule has 54 valence electrons. The molecule has 0 aliphatic carbocycles. The highest BCUT2D eigenvalue weighted by Crippen LogP contribution is 2.17. The fourth-order valence-electron chi connectivity index (χ4n) is 0.440. The minimum absolute atomic E-state index is 0.0598. The zero-order valence-corrected chi connectivity index (χ0v) is 5.59. The Kier molecular flexibility index (Phi) is 1.07. The van der Waals surface area contributed by atoms with Crippen LogP contribution in [0.1, 0.15) is 4.11 Å². The maximum atomic E-state index is 6.79. The van der Waals surface area contributed by atoms with Gasteiger partial charge in [0.15, 0.2) is 11.6 Å². The molecule has 0 saturated carbocycles. The number of hydrogen-bond donors (Lipinski definition) is 1. The lowest BCUT2D eigenvalue weighted by Gasteiger charge is -2.00. The molecule has 5 heteroatoms. The first-order valence-corrected chi connectivity index (χ1v) is 2.73. The van der Waals surface area contributed by atoms with E-state index in [0.717, 1.165) is 6.20 Å². The molecule has 0 aliphatic rings. The van der Waals surface area contributed by atoms with Crippen molar-refractivity contribution in [3.63, 3.8) is 0 Å². The summed E-state index contributed by atoms with van der Waals surface area (Å²) in [5, 5.41) is -0.0598. The minimum Gasteiger partial charge on any atom is -0.491 e. The monoisotopic (exact) mass is 162 g/mol. The van der Waals surface area contributed by atoms with Gasteiger partial charge in [0.2, 0.25) is 5.28 Å². The van der Waals surface area contributed by atoms with E-state index in [4.69, 9.17) is 21.4 Å². The summed E-state index contributed by atoms with van der Waals surface area (Å²) in [7, 11) is -2.56. The van der Waals surface area contributed by atoms with Crippen LogP contribution in [0.4, 0.5) is 5.82 Å². The number of aromatic nitrogens is 2. The molecule has 1 rings (SSSR count). The van der Waals surface area contributed by atoms with Crippen molar-refractivity contribution in [1.29, 1.82) is 0 Å². The van der Waals surface area contributed by atoms with Gasteiger partial charge in [-0.05, 0) is 11.6 Å². The summed E-state index contributed by atoms with van der Waals surface area (Å²) in [6, 6.07) is 0. The largest absolute Gasteiger partial charge is 0.491 e. The zero-order chi connectivity index (χ0) is 10.1. The maximum absolute atomic E-state index is 6.79. The van der Waals surface area contributed by atoms with Crippen molar-refractivity contribution < 1.29 is 8.85 Å². The van der Waals surface area contributed by atoms with Gasteiger partial charge in [-0.25, -0.2) is 4.98 Å². The second-order valence-corrected chi connectivity index (χ2v) is 1.83. The maximum Gasteiger partial charge on any atom is 0.224 e. The molecule has 1 aromatic rings. The van der Waals surface area contributed by atoms with E-state index in [2.05, 4.69) is 14.7 Å². The van der Waals surface area contributed by atoms with Crippen LogP contribution in [0.3, 0.4) is 0 Å². The summed E-state index contributed by atoms with van der Waals surface area (Å²) >= 11 is 5.39. The van der Waals surface area contributed by atoms with E-state index in [1.807, 2.05) is 0 Å². The van der Waals surface area contributed by atoms with Crippen LogP contribution in [0, 0.1) is 0 Å². The fourth-order valence-corrected chi connectivity index (χ4v) is 0.580. The molecule has 2 N–H and O–H groups in total. The van der Waals surface area contributed by atoms with E-state index in [1.54, 1.807) is 0 Å². The van der Waals surface area contributed by atoms with E-state index in [-0.39, 0.29) is 16.9 Å². The Bertz CT molecular complexity index is 316. The Morgan fingerprint density at radius 2 is 2.70 bits per heavy atom. The summed E-state index contributed by atoms with van der Waals surface area (Å²) in [5.74, 6) is -0.208. The number of ether oxygens (including phenoxy) is 1. The lowest BCUT2D eigenvalue weighted by atomic mass is 10.5. The third-order valence-corrected chi connectivity index (χ3v) is 1.05. The Morgan fingerprint density at radius 3 is 3.30 bits per heavy atom. The molecule has 1 heterocycles. The average molecular weight is 163 g/mol. The number of hydrogen-bond acceptors (Lipinski definition) is 4. The Hall–Kier alpha value is -1.03. The van der Waals surface area contributed by atoms with Crippen LogP contribution < -0.4 is 10.5 Å². The normalized spacial score (nSPS) is 15.1. The van der Waals surface area contributed by atoms with Gasteiger partial charge in [-0.2, -0.15) is 4.98 Å². The van der Waals surface area contributed by atoms with Crippen LogP contribution in [0.15, 0.2) is 6.20 Å². The number of nitrogens with two attached hydrogens (primary N) is 1. The fraction of sp³-hybridized carbons (Fsp3) is 0.200. The molecule has 0 aliphatic heterocycles. The van der Waals surface area contributed by atoms with Crippen molar-refractivity contribution in [2.24, 2.45) is 0 Å². The number of nitrogens with zero attached hydrogens (tertiary/aromatic N) is 2. The molecule has 0 spiro atoms. The van der Waals surface area contributed by atoms with Crippen molar-refractivity contribution in [2.45, 2.75) is 0 Å². The molecule has 1 aromatic heterocycles. The molecule has 0 amide bonds. The lowest BCUT2D eigenvalue weighted by molar-refractivity contribution is 0.413. The standard InChI is InChI=1S/C5H6ClN3O/c1-10-3-2-8-5(6)9-4(3)7/h2H,1H3,(H2,7,8,9)/i1D3. The summed E-state index contributed by atoms with van der Waals surface area (Å²) in [6.07, 6.45) is 1.11. The van der Waals surface area contributed by atoms with E-state index in [9.17, 15) is 0 Å². The number of halogens is 1. The lowest BCUT2D eigenvalue weighted by Crippen LogP contribution is -1.96. The molecule has 10 heavy (non-hydrogen) atoms. The number of nitrogen functional groups attached to an aromatic ring is 1. The third kappa shape index (κ3) is 1.27.